The van der Waals surface area contributed by atoms with E-state index in [9.17, 15) is 22.0 Å². The standard InChI is InChI=1S/C18H20F2N2O3S/c1-3-4-12(2)22-26(24,25)15-9-10-17(16(20)11-15)21-18(23)13-5-7-14(19)8-6-13/h5-12,22H,3-4H2,1-2H3,(H,21,23)/t12-/m1/s1. The third-order valence-corrected chi connectivity index (χ3v) is 5.27. The molecule has 0 saturated heterocycles. The first-order valence-corrected chi connectivity index (χ1v) is 9.60. The van der Waals surface area contributed by atoms with Gasteiger partial charge in [-0.05, 0) is 55.8 Å². The van der Waals surface area contributed by atoms with E-state index in [0.29, 0.717) is 6.42 Å². The van der Waals surface area contributed by atoms with E-state index in [0.717, 1.165) is 24.6 Å². The third-order valence-electron chi connectivity index (χ3n) is 3.68. The Hall–Kier alpha value is -2.32. The molecule has 0 aliphatic rings. The molecule has 2 aromatic rings. The number of amides is 1. The Balaban J connectivity index is 2.16. The van der Waals surface area contributed by atoms with Crippen molar-refractivity contribution in [3.63, 3.8) is 0 Å². The number of carbonyl (C=O) groups excluding carboxylic acids is 1. The molecule has 1 atom stereocenters. The van der Waals surface area contributed by atoms with Crippen molar-refractivity contribution in [1.29, 1.82) is 0 Å². The molecule has 1 amide bonds. The average molecular weight is 382 g/mol. The van der Waals surface area contributed by atoms with Gasteiger partial charge < -0.3 is 5.32 Å². The van der Waals surface area contributed by atoms with Gasteiger partial charge in [-0.15, -0.1) is 0 Å². The van der Waals surface area contributed by atoms with Crippen LogP contribution in [-0.4, -0.2) is 20.4 Å². The second-order valence-corrected chi connectivity index (χ2v) is 7.63. The van der Waals surface area contributed by atoms with Gasteiger partial charge in [-0.3, -0.25) is 4.79 Å². The lowest BCUT2D eigenvalue weighted by molar-refractivity contribution is 0.102. The van der Waals surface area contributed by atoms with Crippen LogP contribution in [0.4, 0.5) is 14.5 Å². The maximum Gasteiger partial charge on any atom is 0.255 e. The van der Waals surface area contributed by atoms with Crippen molar-refractivity contribution >= 4 is 21.6 Å². The molecule has 0 saturated carbocycles. The molecule has 0 aliphatic heterocycles. The first-order chi connectivity index (χ1) is 12.2. The maximum atomic E-state index is 14.2. The van der Waals surface area contributed by atoms with Gasteiger partial charge in [0.1, 0.15) is 11.6 Å². The summed E-state index contributed by atoms with van der Waals surface area (Å²) in [5.41, 5.74) is -0.0163. The van der Waals surface area contributed by atoms with E-state index in [2.05, 4.69) is 10.0 Å². The Morgan fingerprint density at radius 3 is 2.35 bits per heavy atom. The normalized spacial score (nSPS) is 12.6. The highest BCUT2D eigenvalue weighted by molar-refractivity contribution is 7.89. The summed E-state index contributed by atoms with van der Waals surface area (Å²) in [5, 5.41) is 2.33. The second-order valence-electron chi connectivity index (χ2n) is 5.91. The monoisotopic (exact) mass is 382 g/mol. The number of halogens is 2. The molecule has 140 valence electrons. The Bertz CT molecular complexity index is 884. The molecule has 5 nitrogen and oxygen atoms in total. The van der Waals surface area contributed by atoms with Crippen LogP contribution in [0.25, 0.3) is 0 Å². The number of anilines is 1. The van der Waals surface area contributed by atoms with Crippen LogP contribution in [0.15, 0.2) is 47.4 Å². The summed E-state index contributed by atoms with van der Waals surface area (Å²) >= 11 is 0. The zero-order valence-corrected chi connectivity index (χ0v) is 15.2. The average Bonchev–Trinajstić information content (AvgIpc) is 2.56. The minimum absolute atomic E-state index is 0.151. The Kier molecular flexibility index (Phi) is 6.44. The number of sulfonamides is 1. The van der Waals surface area contributed by atoms with Gasteiger partial charge in [-0.1, -0.05) is 13.3 Å². The molecule has 2 N–H and O–H groups in total. The molecule has 0 aliphatic carbocycles. The van der Waals surface area contributed by atoms with Gasteiger partial charge in [0.15, 0.2) is 0 Å². The van der Waals surface area contributed by atoms with Gasteiger partial charge in [-0.2, -0.15) is 0 Å². The van der Waals surface area contributed by atoms with Crippen LogP contribution in [0.5, 0.6) is 0 Å². The zero-order valence-electron chi connectivity index (χ0n) is 14.4. The smallest absolute Gasteiger partial charge is 0.255 e. The molecule has 0 unspecified atom stereocenters. The molecule has 0 bridgehead atoms. The van der Waals surface area contributed by atoms with Gasteiger partial charge in [0.25, 0.3) is 5.91 Å². The van der Waals surface area contributed by atoms with Gasteiger partial charge in [0, 0.05) is 11.6 Å². The molecule has 0 heterocycles. The van der Waals surface area contributed by atoms with E-state index in [-0.39, 0.29) is 22.2 Å². The van der Waals surface area contributed by atoms with Crippen LogP contribution >= 0.6 is 0 Å². The van der Waals surface area contributed by atoms with E-state index >= 15 is 0 Å². The molecule has 0 aromatic heterocycles. The summed E-state index contributed by atoms with van der Waals surface area (Å²) in [4.78, 5) is 11.8. The first-order valence-electron chi connectivity index (χ1n) is 8.11. The molecular formula is C18H20F2N2O3S. The van der Waals surface area contributed by atoms with Gasteiger partial charge in [0.05, 0.1) is 10.6 Å². The summed E-state index contributed by atoms with van der Waals surface area (Å²) in [6.45, 7) is 3.66. The van der Waals surface area contributed by atoms with E-state index in [4.69, 9.17) is 0 Å². The van der Waals surface area contributed by atoms with Crippen molar-refractivity contribution in [3.8, 4) is 0 Å². The van der Waals surface area contributed by atoms with Crippen molar-refractivity contribution in [2.45, 2.75) is 37.6 Å². The predicted octanol–water partition coefficient (Wildman–Crippen LogP) is 3.68. The Labute approximate surface area is 151 Å². The summed E-state index contributed by atoms with van der Waals surface area (Å²) in [7, 11) is -3.85. The number of hydrogen-bond donors (Lipinski definition) is 2. The lowest BCUT2D eigenvalue weighted by Crippen LogP contribution is -2.32. The summed E-state index contributed by atoms with van der Waals surface area (Å²) < 4.78 is 54.1. The van der Waals surface area contributed by atoms with Gasteiger partial charge >= 0.3 is 0 Å². The van der Waals surface area contributed by atoms with Crippen LogP contribution in [0.3, 0.4) is 0 Å². The topological polar surface area (TPSA) is 75.3 Å². The summed E-state index contributed by atoms with van der Waals surface area (Å²) in [5.74, 6) is -2.01. The number of rotatable bonds is 7. The van der Waals surface area contributed by atoms with E-state index in [1.165, 1.54) is 24.3 Å². The van der Waals surface area contributed by atoms with Gasteiger partial charge in [0.2, 0.25) is 10.0 Å². The molecular weight excluding hydrogens is 362 g/mol. The predicted molar refractivity (Wildman–Crippen MR) is 95.4 cm³/mol. The molecule has 0 radical (unpaired) electrons. The van der Waals surface area contributed by atoms with Crippen molar-refractivity contribution in [1.82, 2.24) is 4.72 Å². The lowest BCUT2D eigenvalue weighted by Gasteiger charge is -2.14. The summed E-state index contributed by atoms with van der Waals surface area (Å²) in [6, 6.07) is 7.72. The van der Waals surface area contributed by atoms with Crippen LogP contribution in [0.2, 0.25) is 0 Å². The summed E-state index contributed by atoms with van der Waals surface area (Å²) in [6.07, 6.45) is 1.47. The molecule has 2 rings (SSSR count). The van der Waals surface area contributed by atoms with Crippen molar-refractivity contribution in [2.75, 3.05) is 5.32 Å². The van der Waals surface area contributed by atoms with Crippen molar-refractivity contribution in [3.05, 3.63) is 59.7 Å². The molecule has 2 aromatic carbocycles. The van der Waals surface area contributed by atoms with E-state index < -0.39 is 27.6 Å². The largest absolute Gasteiger partial charge is 0.319 e. The maximum absolute atomic E-state index is 14.2. The fourth-order valence-electron chi connectivity index (χ4n) is 2.38. The fraction of sp³-hybridized carbons (Fsp3) is 0.278. The fourth-order valence-corrected chi connectivity index (χ4v) is 3.67. The number of nitrogens with one attached hydrogen (secondary N) is 2. The SMILES string of the molecule is CCC[C@@H](C)NS(=O)(=O)c1ccc(NC(=O)c2ccc(F)cc2)c(F)c1. The van der Waals surface area contributed by atoms with Crippen molar-refractivity contribution in [2.24, 2.45) is 0 Å². The third kappa shape index (κ3) is 5.09. The number of hydrogen-bond acceptors (Lipinski definition) is 3. The highest BCUT2D eigenvalue weighted by Crippen LogP contribution is 2.20. The molecule has 8 heteroatoms. The highest BCUT2D eigenvalue weighted by atomic mass is 32.2. The lowest BCUT2D eigenvalue weighted by atomic mass is 10.2. The second kappa shape index (κ2) is 8.37. The number of carbonyl (C=O) groups is 1. The highest BCUT2D eigenvalue weighted by Gasteiger charge is 2.19. The quantitative estimate of drug-likeness (QED) is 0.767. The molecule has 26 heavy (non-hydrogen) atoms. The van der Waals surface area contributed by atoms with Crippen LogP contribution in [-0.2, 0) is 10.0 Å². The molecule has 0 spiro atoms. The molecule has 0 fully saturated rings. The minimum Gasteiger partial charge on any atom is -0.319 e. The zero-order chi connectivity index (χ0) is 19.3. The Morgan fingerprint density at radius 2 is 1.77 bits per heavy atom. The van der Waals surface area contributed by atoms with Crippen LogP contribution < -0.4 is 10.0 Å². The van der Waals surface area contributed by atoms with Crippen molar-refractivity contribution < 1.29 is 22.0 Å². The van der Waals surface area contributed by atoms with Crippen LogP contribution in [0.1, 0.15) is 37.0 Å². The Morgan fingerprint density at radius 1 is 1.12 bits per heavy atom. The first kappa shape index (κ1) is 20.0. The van der Waals surface area contributed by atoms with Crippen LogP contribution in [0, 0.1) is 11.6 Å². The van der Waals surface area contributed by atoms with E-state index in [1.807, 2.05) is 6.92 Å². The van der Waals surface area contributed by atoms with E-state index in [1.54, 1.807) is 6.92 Å². The number of benzene rings is 2. The van der Waals surface area contributed by atoms with Gasteiger partial charge in [-0.25, -0.2) is 21.9 Å². The minimum atomic E-state index is -3.85.